The highest BCUT2D eigenvalue weighted by Gasteiger charge is 2.27. The number of carbonyl (C=O) groups excluding carboxylic acids is 3. The number of aliphatic hydroxyl groups excluding tert-OH is 2. The molecule has 0 saturated heterocycles. The average Bonchev–Trinajstić information content (AvgIpc) is 2.91. The summed E-state index contributed by atoms with van der Waals surface area (Å²) in [5.74, 6) is -5.23. The molecule has 11 heteroatoms. The van der Waals surface area contributed by atoms with Gasteiger partial charge >= 0.3 is 11.9 Å². The number of cyclic esters (lactones) is 2. The minimum Gasteiger partial charge on any atom is -0.504 e. The van der Waals surface area contributed by atoms with Crippen LogP contribution in [0.2, 0.25) is 0 Å². The van der Waals surface area contributed by atoms with Crippen LogP contribution < -0.4 is 0 Å². The number of aromatic hydroxyl groups is 3. The summed E-state index contributed by atoms with van der Waals surface area (Å²) < 4.78 is 10.5. The average molecular weight is 509 g/mol. The maximum absolute atomic E-state index is 12.9. The molecule has 0 aliphatic carbocycles. The first-order valence-electron chi connectivity index (χ1n) is 10.9. The Balaban J connectivity index is 2.06. The molecule has 11 nitrogen and oxygen atoms in total. The molecule has 1 heterocycles. The van der Waals surface area contributed by atoms with Gasteiger partial charge in [0.2, 0.25) is 11.5 Å². The van der Waals surface area contributed by atoms with E-state index in [1.807, 2.05) is 0 Å². The van der Waals surface area contributed by atoms with Crippen LogP contribution in [-0.2, 0) is 20.7 Å². The molecule has 0 radical (unpaired) electrons. The van der Waals surface area contributed by atoms with Crippen LogP contribution in [-0.4, -0.2) is 74.6 Å². The fourth-order valence-corrected chi connectivity index (χ4v) is 3.47. The molecule has 37 heavy (non-hydrogen) atoms. The van der Waals surface area contributed by atoms with Gasteiger partial charge in [0.15, 0.2) is 17.3 Å². The van der Waals surface area contributed by atoms with Crippen LogP contribution in [0.4, 0.5) is 0 Å². The molecule has 0 spiro atoms. The smallest absolute Gasteiger partial charge is 0.338 e. The Morgan fingerprint density at radius 1 is 0.973 bits per heavy atom. The van der Waals surface area contributed by atoms with Crippen molar-refractivity contribution in [3.63, 3.8) is 0 Å². The maximum atomic E-state index is 12.9. The molecule has 0 bridgehead atoms. The number of amides is 1. The largest absolute Gasteiger partial charge is 0.504 e. The molecule has 2 aromatic rings. The summed E-state index contributed by atoms with van der Waals surface area (Å²) in [6, 6.07) is 9.07. The minimum absolute atomic E-state index is 0.0787. The van der Waals surface area contributed by atoms with E-state index in [1.165, 1.54) is 4.90 Å². The number of carbonyl (C=O) groups is 3. The van der Waals surface area contributed by atoms with Gasteiger partial charge in [-0.3, -0.25) is 4.79 Å². The van der Waals surface area contributed by atoms with Crippen LogP contribution in [0.1, 0.15) is 26.3 Å². The summed E-state index contributed by atoms with van der Waals surface area (Å²) in [5, 5.41) is 50.0. The van der Waals surface area contributed by atoms with Crippen LogP contribution in [0.15, 0.2) is 59.6 Å². The molecule has 0 saturated carbocycles. The topological polar surface area (TPSA) is 174 Å². The number of phenolic OH excluding ortho intramolecular Hbond substituents is 3. The summed E-state index contributed by atoms with van der Waals surface area (Å²) >= 11 is 0. The second kappa shape index (κ2) is 11.5. The summed E-state index contributed by atoms with van der Waals surface area (Å²) in [5.41, 5.74) is -0.793. The SMILES string of the molecule is C#C/C(O)=C(O)\C=C1/Cc2c(cc(O)c(O)c2O)C(=O)OCCN(C(=O)c2ccccc2)CCOC1=O. The van der Waals surface area contributed by atoms with Crippen molar-refractivity contribution in [3.05, 3.63) is 76.3 Å². The Bertz CT molecular complexity index is 1320. The van der Waals surface area contributed by atoms with Crippen molar-refractivity contribution in [1.29, 1.82) is 0 Å². The van der Waals surface area contributed by atoms with Crippen molar-refractivity contribution in [2.24, 2.45) is 0 Å². The third kappa shape index (κ3) is 6.12. The highest BCUT2D eigenvalue weighted by atomic mass is 16.5. The third-order valence-corrected chi connectivity index (χ3v) is 5.40. The van der Waals surface area contributed by atoms with Crippen molar-refractivity contribution >= 4 is 17.8 Å². The Labute approximate surface area is 211 Å². The van der Waals surface area contributed by atoms with Gasteiger partial charge in [0, 0.05) is 23.1 Å². The zero-order valence-corrected chi connectivity index (χ0v) is 19.4. The zero-order valence-electron chi connectivity index (χ0n) is 19.4. The lowest BCUT2D eigenvalue weighted by Crippen LogP contribution is -2.37. The minimum atomic E-state index is -1.05. The van der Waals surface area contributed by atoms with Gasteiger partial charge in [0.1, 0.15) is 13.2 Å². The highest BCUT2D eigenvalue weighted by Crippen LogP contribution is 2.41. The first-order chi connectivity index (χ1) is 17.6. The van der Waals surface area contributed by atoms with E-state index in [0.29, 0.717) is 5.56 Å². The molecule has 3 rings (SSSR count). The summed E-state index contributed by atoms with van der Waals surface area (Å²) in [7, 11) is 0. The summed E-state index contributed by atoms with van der Waals surface area (Å²) in [6.07, 6.45) is 5.21. The predicted molar refractivity (Wildman–Crippen MR) is 128 cm³/mol. The number of allylic oxidation sites excluding steroid dienone is 2. The van der Waals surface area contributed by atoms with Crippen molar-refractivity contribution in [1.82, 2.24) is 4.90 Å². The first kappa shape index (κ1) is 26.5. The Morgan fingerprint density at radius 2 is 1.59 bits per heavy atom. The molecule has 1 aliphatic heterocycles. The van der Waals surface area contributed by atoms with Crippen LogP contribution >= 0.6 is 0 Å². The van der Waals surface area contributed by atoms with Crippen LogP contribution in [0.3, 0.4) is 0 Å². The molecule has 1 amide bonds. The van der Waals surface area contributed by atoms with Crippen LogP contribution in [0, 0.1) is 12.3 Å². The maximum Gasteiger partial charge on any atom is 0.338 e. The number of phenols is 3. The fraction of sp³-hybridized carbons (Fsp3) is 0.192. The monoisotopic (exact) mass is 509 g/mol. The van der Waals surface area contributed by atoms with Gasteiger partial charge < -0.3 is 39.9 Å². The number of ether oxygens (including phenoxy) is 2. The number of fused-ring (bicyclic) bond motifs is 1. The van der Waals surface area contributed by atoms with E-state index >= 15 is 0 Å². The Kier molecular flexibility index (Phi) is 8.27. The van der Waals surface area contributed by atoms with Gasteiger partial charge in [0.25, 0.3) is 5.91 Å². The van der Waals surface area contributed by atoms with E-state index in [9.17, 15) is 39.9 Å². The highest BCUT2D eigenvalue weighted by molar-refractivity contribution is 5.96. The van der Waals surface area contributed by atoms with E-state index in [-0.39, 0.29) is 31.9 Å². The molecule has 1 aliphatic rings. The molecule has 0 fully saturated rings. The van der Waals surface area contributed by atoms with E-state index < -0.39 is 64.2 Å². The number of nitrogens with zero attached hydrogens (tertiary/aromatic N) is 1. The number of benzene rings is 2. The number of esters is 2. The van der Waals surface area contributed by atoms with Gasteiger partial charge in [-0.1, -0.05) is 18.2 Å². The van der Waals surface area contributed by atoms with E-state index in [1.54, 1.807) is 36.3 Å². The summed E-state index contributed by atoms with van der Waals surface area (Å²) in [6.45, 7) is -0.740. The molecule has 192 valence electrons. The van der Waals surface area contributed by atoms with Crippen molar-refractivity contribution in [2.45, 2.75) is 6.42 Å². The van der Waals surface area contributed by atoms with Gasteiger partial charge in [0.05, 0.1) is 18.7 Å². The number of aliphatic hydroxyl groups is 2. The number of terminal acetylenes is 1. The molecular formula is C26H23NO10. The van der Waals surface area contributed by atoms with Crippen LogP contribution in [0.25, 0.3) is 0 Å². The molecule has 0 unspecified atom stereocenters. The second-order valence-electron chi connectivity index (χ2n) is 7.77. The van der Waals surface area contributed by atoms with Gasteiger partial charge in [-0.2, -0.15) is 0 Å². The molecule has 0 atom stereocenters. The van der Waals surface area contributed by atoms with Crippen molar-refractivity contribution < 1.29 is 49.4 Å². The molecular weight excluding hydrogens is 486 g/mol. The van der Waals surface area contributed by atoms with E-state index in [0.717, 1.165) is 12.1 Å². The zero-order chi connectivity index (χ0) is 27.1. The van der Waals surface area contributed by atoms with Crippen LogP contribution in [0.5, 0.6) is 17.2 Å². The lowest BCUT2D eigenvalue weighted by atomic mass is 9.97. The second-order valence-corrected chi connectivity index (χ2v) is 7.77. The van der Waals surface area contributed by atoms with Crippen molar-refractivity contribution in [2.75, 3.05) is 26.3 Å². The normalized spacial score (nSPS) is 16.6. The molecule has 5 N–H and O–H groups in total. The lowest BCUT2D eigenvalue weighted by molar-refractivity contribution is -0.139. The standard InChI is InChI=1S/C26H23NO10/c1-2-19(28)20(29)13-16-12-17-18(14-21(30)23(32)22(17)31)26(35)37-11-9-27(8-10-36-25(16)34)24(33)15-6-4-3-5-7-15/h1,3-7,13-14,28-32H,8-12H2/b16-13+,20-19-. The molecule has 2 aromatic carbocycles. The lowest BCUT2D eigenvalue weighted by Gasteiger charge is -2.22. The van der Waals surface area contributed by atoms with E-state index in [2.05, 4.69) is 0 Å². The molecule has 0 aromatic heterocycles. The Hall–Kier alpha value is -5.11. The fourth-order valence-electron chi connectivity index (χ4n) is 3.47. The summed E-state index contributed by atoms with van der Waals surface area (Å²) in [4.78, 5) is 40.0. The van der Waals surface area contributed by atoms with Gasteiger partial charge in [-0.05, 0) is 30.2 Å². The first-order valence-corrected chi connectivity index (χ1v) is 10.9. The number of hydrogen-bond acceptors (Lipinski definition) is 10. The van der Waals surface area contributed by atoms with Crippen molar-refractivity contribution in [3.8, 4) is 29.6 Å². The number of rotatable bonds is 2. The Morgan fingerprint density at radius 3 is 2.22 bits per heavy atom. The van der Waals surface area contributed by atoms with Gasteiger partial charge in [-0.25, -0.2) is 9.59 Å². The van der Waals surface area contributed by atoms with Gasteiger partial charge in [-0.15, -0.1) is 6.42 Å². The third-order valence-electron chi connectivity index (χ3n) is 5.40. The quantitative estimate of drug-likeness (QED) is 0.133. The number of hydrogen-bond donors (Lipinski definition) is 5. The van der Waals surface area contributed by atoms with E-state index in [4.69, 9.17) is 15.9 Å². The predicted octanol–water partition coefficient (Wildman–Crippen LogP) is 2.09.